The van der Waals surface area contributed by atoms with Gasteiger partial charge in [0.1, 0.15) is 5.75 Å². The summed E-state index contributed by atoms with van der Waals surface area (Å²) in [6.45, 7) is 6.73. The quantitative estimate of drug-likeness (QED) is 0.568. The fourth-order valence-corrected chi connectivity index (χ4v) is 3.13. The highest BCUT2D eigenvalue weighted by atomic mass is 79.9. The molecule has 0 bridgehead atoms. The zero-order valence-corrected chi connectivity index (χ0v) is 18.2. The second-order valence-electron chi connectivity index (χ2n) is 6.64. The smallest absolute Gasteiger partial charge is 0.261 e. The fraction of sp³-hybridized carbons (Fsp3) is 0.333. The van der Waals surface area contributed by atoms with E-state index in [2.05, 4.69) is 47.3 Å². The maximum Gasteiger partial charge on any atom is 0.261 e. The Labute approximate surface area is 174 Å². The Morgan fingerprint density at radius 3 is 2.52 bits per heavy atom. The zero-order chi connectivity index (χ0) is 19.8. The summed E-state index contributed by atoms with van der Waals surface area (Å²) in [4.78, 5) is 12.7. The Balaban J connectivity index is 2.07. The predicted octanol–water partition coefficient (Wildman–Crippen LogP) is 5.24. The maximum atomic E-state index is 12.7. The van der Waals surface area contributed by atoms with Crippen molar-refractivity contribution in [3.05, 3.63) is 64.1 Å². The topological polar surface area (TPSA) is 50.4 Å². The van der Waals surface area contributed by atoms with Gasteiger partial charge in [0, 0.05) is 4.47 Å². The van der Waals surface area contributed by atoms with Crippen molar-refractivity contribution in [1.29, 1.82) is 0 Å². The molecule has 0 saturated heterocycles. The molecule has 144 valence electrons. The number of halogens is 1. The Morgan fingerprint density at radius 2 is 1.89 bits per heavy atom. The van der Waals surface area contributed by atoms with Gasteiger partial charge >= 0.3 is 0 Å². The van der Waals surface area contributed by atoms with Gasteiger partial charge < -0.3 is 10.1 Å². The summed E-state index contributed by atoms with van der Waals surface area (Å²) < 4.78 is 6.59. The summed E-state index contributed by atoms with van der Waals surface area (Å²) in [5, 5.41) is 6.28. The normalized spacial score (nSPS) is 11.7. The number of nitrogens with one attached hydrogen (secondary N) is 2. The number of benzene rings is 2. The molecule has 0 aliphatic rings. The van der Waals surface area contributed by atoms with E-state index in [0.29, 0.717) is 29.0 Å². The summed E-state index contributed by atoms with van der Waals surface area (Å²) in [5.74, 6) is 0.612. The molecule has 2 N–H and O–H groups in total. The van der Waals surface area contributed by atoms with Crippen LogP contribution in [-0.2, 0) is 0 Å². The van der Waals surface area contributed by atoms with Gasteiger partial charge in [-0.15, -0.1) is 0 Å². The van der Waals surface area contributed by atoms with Crippen LogP contribution in [0.25, 0.3) is 0 Å². The van der Waals surface area contributed by atoms with Gasteiger partial charge in [0.15, 0.2) is 5.11 Å². The molecule has 1 atom stereocenters. The third-order valence-corrected chi connectivity index (χ3v) is 4.61. The molecular formula is C21H25BrN2O2S. The van der Waals surface area contributed by atoms with E-state index in [1.165, 1.54) is 0 Å². The average Bonchev–Trinajstić information content (AvgIpc) is 2.65. The molecule has 1 unspecified atom stereocenters. The summed E-state index contributed by atoms with van der Waals surface area (Å²) in [6, 6.07) is 15.4. The first-order valence-corrected chi connectivity index (χ1v) is 10.2. The van der Waals surface area contributed by atoms with Crippen LogP contribution in [0.2, 0.25) is 0 Å². The molecule has 2 rings (SSSR count). The minimum Gasteiger partial charge on any atom is -0.492 e. The molecule has 0 spiro atoms. The van der Waals surface area contributed by atoms with Crippen molar-refractivity contribution in [3.63, 3.8) is 0 Å². The lowest BCUT2D eigenvalue weighted by molar-refractivity contribution is 0.0971. The molecule has 0 fully saturated rings. The number of hydrogen-bond donors (Lipinski definition) is 2. The molecule has 0 saturated carbocycles. The Bertz CT molecular complexity index is 781. The zero-order valence-electron chi connectivity index (χ0n) is 15.8. The van der Waals surface area contributed by atoms with Crippen LogP contribution in [0.3, 0.4) is 0 Å². The van der Waals surface area contributed by atoms with Crippen LogP contribution in [0, 0.1) is 5.92 Å². The van der Waals surface area contributed by atoms with Crippen molar-refractivity contribution < 1.29 is 9.53 Å². The third-order valence-electron chi connectivity index (χ3n) is 3.90. The van der Waals surface area contributed by atoms with E-state index in [9.17, 15) is 4.79 Å². The largest absolute Gasteiger partial charge is 0.492 e. The average molecular weight is 449 g/mol. The summed E-state index contributed by atoms with van der Waals surface area (Å²) in [7, 11) is 0. The van der Waals surface area contributed by atoms with Crippen molar-refractivity contribution in [2.24, 2.45) is 5.92 Å². The molecule has 2 aromatic carbocycles. The molecular weight excluding hydrogens is 424 g/mol. The van der Waals surface area contributed by atoms with E-state index in [1.807, 2.05) is 36.4 Å². The van der Waals surface area contributed by atoms with Crippen LogP contribution >= 0.6 is 28.1 Å². The Morgan fingerprint density at radius 1 is 1.19 bits per heavy atom. The van der Waals surface area contributed by atoms with Gasteiger partial charge in [-0.2, -0.15) is 0 Å². The van der Waals surface area contributed by atoms with Gasteiger partial charge in [-0.3, -0.25) is 10.1 Å². The van der Waals surface area contributed by atoms with E-state index >= 15 is 0 Å². The van der Waals surface area contributed by atoms with E-state index in [4.69, 9.17) is 17.0 Å². The highest BCUT2D eigenvalue weighted by molar-refractivity contribution is 9.10. The SMILES string of the molecule is CCC(NC(=S)NC(=O)c1cc(Br)ccc1OCC(C)C)c1ccccc1. The predicted molar refractivity (Wildman–Crippen MR) is 117 cm³/mol. The number of hydrogen-bond acceptors (Lipinski definition) is 3. The number of thiocarbonyl (C=S) groups is 1. The second-order valence-corrected chi connectivity index (χ2v) is 7.97. The molecule has 1 amide bonds. The van der Waals surface area contributed by atoms with Gasteiger partial charge in [-0.1, -0.05) is 67.0 Å². The first kappa shape index (κ1) is 21.4. The van der Waals surface area contributed by atoms with Crippen molar-refractivity contribution in [2.45, 2.75) is 33.2 Å². The van der Waals surface area contributed by atoms with Crippen LogP contribution < -0.4 is 15.4 Å². The van der Waals surface area contributed by atoms with Crippen molar-refractivity contribution >= 4 is 39.2 Å². The number of rotatable bonds is 7. The summed E-state index contributed by atoms with van der Waals surface area (Å²) in [5.41, 5.74) is 1.57. The summed E-state index contributed by atoms with van der Waals surface area (Å²) >= 11 is 8.77. The van der Waals surface area contributed by atoms with Gasteiger partial charge in [-0.05, 0) is 48.3 Å². The van der Waals surface area contributed by atoms with Gasteiger partial charge in [0.2, 0.25) is 0 Å². The highest BCUT2D eigenvalue weighted by Crippen LogP contribution is 2.24. The molecule has 0 aliphatic carbocycles. The molecule has 2 aromatic rings. The molecule has 6 heteroatoms. The number of ether oxygens (including phenoxy) is 1. The van der Waals surface area contributed by atoms with E-state index in [0.717, 1.165) is 16.5 Å². The Kier molecular flexibility index (Phi) is 8.25. The van der Waals surface area contributed by atoms with Crippen LogP contribution in [0.15, 0.2) is 53.0 Å². The fourth-order valence-electron chi connectivity index (χ4n) is 2.53. The van der Waals surface area contributed by atoms with Gasteiger partial charge in [-0.25, -0.2) is 0 Å². The number of carbonyl (C=O) groups is 1. The van der Waals surface area contributed by atoms with Crippen LogP contribution in [0.1, 0.15) is 49.2 Å². The van der Waals surface area contributed by atoms with E-state index in [1.54, 1.807) is 12.1 Å². The molecule has 0 aromatic heterocycles. The molecule has 0 radical (unpaired) electrons. The minimum atomic E-state index is -0.296. The van der Waals surface area contributed by atoms with E-state index < -0.39 is 0 Å². The third kappa shape index (κ3) is 6.63. The Hall–Kier alpha value is -1.92. The summed E-state index contributed by atoms with van der Waals surface area (Å²) in [6.07, 6.45) is 0.847. The molecule has 0 aliphatic heterocycles. The lowest BCUT2D eigenvalue weighted by atomic mass is 10.1. The van der Waals surface area contributed by atoms with Crippen molar-refractivity contribution in [1.82, 2.24) is 10.6 Å². The van der Waals surface area contributed by atoms with Crippen LogP contribution in [-0.4, -0.2) is 17.6 Å². The van der Waals surface area contributed by atoms with Gasteiger partial charge in [0.25, 0.3) is 5.91 Å². The molecule has 4 nitrogen and oxygen atoms in total. The van der Waals surface area contributed by atoms with Crippen molar-refractivity contribution in [3.8, 4) is 5.75 Å². The minimum absolute atomic E-state index is 0.0400. The standard InChI is InChI=1S/C21H25BrN2O2S/c1-4-18(15-8-6-5-7-9-15)23-21(27)24-20(25)17-12-16(22)10-11-19(17)26-13-14(2)3/h5-12,14,18H,4,13H2,1-3H3,(H2,23,24,25,27). The van der Waals surface area contributed by atoms with Crippen LogP contribution in [0.4, 0.5) is 0 Å². The maximum absolute atomic E-state index is 12.7. The second kappa shape index (κ2) is 10.4. The lowest BCUT2D eigenvalue weighted by Gasteiger charge is -2.20. The molecule has 0 heterocycles. The lowest BCUT2D eigenvalue weighted by Crippen LogP contribution is -2.41. The number of amides is 1. The first-order valence-electron chi connectivity index (χ1n) is 8.99. The molecule has 27 heavy (non-hydrogen) atoms. The highest BCUT2D eigenvalue weighted by Gasteiger charge is 2.17. The van der Waals surface area contributed by atoms with Gasteiger partial charge in [0.05, 0.1) is 18.2 Å². The number of carbonyl (C=O) groups excluding carboxylic acids is 1. The monoisotopic (exact) mass is 448 g/mol. The van der Waals surface area contributed by atoms with Crippen LogP contribution in [0.5, 0.6) is 5.75 Å². The van der Waals surface area contributed by atoms with Crippen molar-refractivity contribution in [2.75, 3.05) is 6.61 Å². The first-order chi connectivity index (χ1) is 12.9. The van der Waals surface area contributed by atoms with E-state index in [-0.39, 0.29) is 11.9 Å².